The van der Waals surface area contributed by atoms with Gasteiger partial charge in [0.1, 0.15) is 11.7 Å². The summed E-state index contributed by atoms with van der Waals surface area (Å²) in [4.78, 5) is 35.2. The highest BCUT2D eigenvalue weighted by Crippen LogP contribution is 2.22. The monoisotopic (exact) mass is 364 g/mol. The molecule has 1 aromatic carbocycles. The number of carbonyl (C=O) groups excluding carboxylic acids is 3. The van der Waals surface area contributed by atoms with Crippen molar-refractivity contribution in [1.29, 1.82) is 0 Å². The van der Waals surface area contributed by atoms with Gasteiger partial charge in [-0.1, -0.05) is 25.4 Å². The quantitative estimate of drug-likeness (QED) is 0.776. The molecule has 0 saturated heterocycles. The van der Waals surface area contributed by atoms with Crippen molar-refractivity contribution in [1.82, 2.24) is 15.2 Å². The molecule has 8 heteroatoms. The van der Waals surface area contributed by atoms with E-state index in [2.05, 4.69) is 10.6 Å². The number of halogens is 1. The van der Waals surface area contributed by atoms with E-state index in [0.717, 1.165) is 10.9 Å². The summed E-state index contributed by atoms with van der Waals surface area (Å²) in [5.74, 6) is -2.63. The number of hydrogen-bond donors (Lipinski definition) is 2. The largest absolute Gasteiger partial charge is 0.548 e. The van der Waals surface area contributed by atoms with E-state index >= 15 is 0 Å². The second kappa shape index (κ2) is 7.57. The Morgan fingerprint density at radius 3 is 2.52 bits per heavy atom. The van der Waals surface area contributed by atoms with Crippen LogP contribution in [0.1, 0.15) is 24.3 Å². The summed E-state index contributed by atoms with van der Waals surface area (Å²) >= 11 is 5.97. The predicted molar refractivity (Wildman–Crippen MR) is 92.0 cm³/mol. The summed E-state index contributed by atoms with van der Waals surface area (Å²) in [6.07, 6.45) is 0. The minimum atomic E-state index is -1.40. The Morgan fingerprint density at radius 1 is 1.24 bits per heavy atom. The van der Waals surface area contributed by atoms with Crippen LogP contribution in [-0.4, -0.2) is 34.9 Å². The minimum absolute atomic E-state index is 0.227. The van der Waals surface area contributed by atoms with Crippen molar-refractivity contribution in [3.63, 3.8) is 0 Å². The second-order valence-corrected chi connectivity index (χ2v) is 6.51. The van der Waals surface area contributed by atoms with Gasteiger partial charge in [0.15, 0.2) is 0 Å². The first-order chi connectivity index (χ1) is 11.7. The number of carboxylic acid groups (broad SMARTS) is 1. The van der Waals surface area contributed by atoms with Crippen LogP contribution >= 0.6 is 11.6 Å². The lowest BCUT2D eigenvalue weighted by Gasteiger charge is -2.22. The van der Waals surface area contributed by atoms with Crippen LogP contribution in [0.2, 0.25) is 5.02 Å². The number of fused-ring (bicyclic) bond motifs is 1. The van der Waals surface area contributed by atoms with E-state index in [1.54, 1.807) is 49.7 Å². The van der Waals surface area contributed by atoms with Gasteiger partial charge >= 0.3 is 0 Å². The first kappa shape index (κ1) is 18.8. The first-order valence-corrected chi connectivity index (χ1v) is 8.12. The number of benzene rings is 1. The molecule has 0 fully saturated rings. The number of aliphatic carboxylic acids is 1. The molecule has 2 amide bonds. The zero-order valence-electron chi connectivity index (χ0n) is 14.1. The Kier molecular flexibility index (Phi) is 5.69. The summed E-state index contributed by atoms with van der Waals surface area (Å²) in [5, 5.41) is 16.7. The van der Waals surface area contributed by atoms with Gasteiger partial charge in [0, 0.05) is 23.0 Å². The molecule has 0 bridgehead atoms. The van der Waals surface area contributed by atoms with Gasteiger partial charge in [0.2, 0.25) is 5.91 Å². The lowest BCUT2D eigenvalue weighted by molar-refractivity contribution is -0.304. The summed E-state index contributed by atoms with van der Waals surface area (Å²) in [7, 11) is 1.74. The molecule has 2 rings (SSSR count). The lowest BCUT2D eigenvalue weighted by Crippen LogP contribution is -2.51. The van der Waals surface area contributed by atoms with E-state index in [0.29, 0.717) is 10.7 Å². The van der Waals surface area contributed by atoms with Crippen LogP contribution in [0.15, 0.2) is 24.3 Å². The zero-order valence-corrected chi connectivity index (χ0v) is 14.9. The molecule has 1 heterocycles. The maximum atomic E-state index is 12.6. The van der Waals surface area contributed by atoms with Crippen molar-refractivity contribution >= 4 is 40.3 Å². The molecular weight excluding hydrogens is 346 g/mol. The van der Waals surface area contributed by atoms with Gasteiger partial charge in [-0.25, -0.2) is 0 Å². The van der Waals surface area contributed by atoms with Gasteiger partial charge in [-0.2, -0.15) is 0 Å². The Balaban J connectivity index is 2.22. The number of hydrogen-bond acceptors (Lipinski definition) is 4. The fraction of sp³-hybridized carbons (Fsp3) is 0.353. The Labute approximate surface area is 149 Å². The van der Waals surface area contributed by atoms with Crippen LogP contribution in [0.5, 0.6) is 0 Å². The van der Waals surface area contributed by atoms with Gasteiger partial charge in [-0.05, 0) is 30.2 Å². The number of carboxylic acids is 1. The second-order valence-electron chi connectivity index (χ2n) is 6.08. The molecule has 7 nitrogen and oxygen atoms in total. The SMILES string of the molecule is CC(C)[C@H](NC(=O)c1cc2cc(Cl)ccc2n1C)C(=O)NCC(=O)[O-]. The zero-order chi connectivity index (χ0) is 18.7. The fourth-order valence-electron chi connectivity index (χ4n) is 2.56. The summed E-state index contributed by atoms with van der Waals surface area (Å²) in [5.41, 5.74) is 1.20. The van der Waals surface area contributed by atoms with Crippen molar-refractivity contribution in [2.24, 2.45) is 13.0 Å². The third-order valence-electron chi connectivity index (χ3n) is 3.88. The van der Waals surface area contributed by atoms with E-state index < -0.39 is 30.4 Å². The summed E-state index contributed by atoms with van der Waals surface area (Å²) in [6, 6.07) is 6.11. The molecule has 2 aromatic rings. The maximum Gasteiger partial charge on any atom is 0.268 e. The van der Waals surface area contributed by atoms with Crippen molar-refractivity contribution in [2.75, 3.05) is 6.54 Å². The topological polar surface area (TPSA) is 103 Å². The van der Waals surface area contributed by atoms with Gasteiger partial charge < -0.3 is 25.1 Å². The lowest BCUT2D eigenvalue weighted by atomic mass is 10.0. The van der Waals surface area contributed by atoms with Crippen LogP contribution < -0.4 is 15.7 Å². The Hall–Kier alpha value is -2.54. The molecule has 0 aliphatic heterocycles. The highest BCUT2D eigenvalue weighted by molar-refractivity contribution is 6.31. The minimum Gasteiger partial charge on any atom is -0.548 e. The molecule has 0 unspecified atom stereocenters. The fourth-order valence-corrected chi connectivity index (χ4v) is 2.74. The van der Waals surface area contributed by atoms with Crippen LogP contribution in [-0.2, 0) is 16.6 Å². The molecule has 0 aliphatic rings. The number of amides is 2. The van der Waals surface area contributed by atoms with Crippen molar-refractivity contribution < 1.29 is 19.5 Å². The summed E-state index contributed by atoms with van der Waals surface area (Å²) < 4.78 is 1.71. The molecule has 0 aliphatic carbocycles. The molecule has 2 N–H and O–H groups in total. The average molecular weight is 365 g/mol. The Morgan fingerprint density at radius 2 is 1.92 bits per heavy atom. The normalized spacial score (nSPS) is 12.2. The van der Waals surface area contributed by atoms with Gasteiger partial charge in [-0.15, -0.1) is 0 Å². The van der Waals surface area contributed by atoms with Crippen LogP contribution in [0.3, 0.4) is 0 Å². The van der Waals surface area contributed by atoms with E-state index in [1.165, 1.54) is 0 Å². The third kappa shape index (κ3) is 4.30. The van der Waals surface area contributed by atoms with Crippen LogP contribution in [0, 0.1) is 5.92 Å². The highest BCUT2D eigenvalue weighted by atomic mass is 35.5. The van der Waals surface area contributed by atoms with Crippen LogP contribution in [0.4, 0.5) is 0 Å². The van der Waals surface area contributed by atoms with E-state index in [4.69, 9.17) is 11.6 Å². The number of aromatic nitrogens is 1. The number of rotatable bonds is 6. The highest BCUT2D eigenvalue weighted by Gasteiger charge is 2.25. The van der Waals surface area contributed by atoms with Crippen molar-refractivity contribution in [2.45, 2.75) is 19.9 Å². The molecule has 134 valence electrons. The average Bonchev–Trinajstić information content (AvgIpc) is 2.86. The number of aryl methyl sites for hydroxylation is 1. The standard InChI is InChI=1S/C17H20ClN3O4/c1-9(2)15(17(25)19-8-14(22)23)20-16(24)13-7-10-6-11(18)4-5-12(10)21(13)3/h4-7,9,15H,8H2,1-3H3,(H,19,25)(H,20,24)(H,22,23)/p-1/t15-/m0/s1. The molecule has 0 radical (unpaired) electrons. The van der Waals surface area contributed by atoms with Gasteiger partial charge in [-0.3, -0.25) is 9.59 Å². The van der Waals surface area contributed by atoms with Crippen molar-refractivity contribution in [3.05, 3.63) is 35.0 Å². The van der Waals surface area contributed by atoms with Crippen LogP contribution in [0.25, 0.3) is 10.9 Å². The maximum absolute atomic E-state index is 12.6. The molecule has 1 atom stereocenters. The smallest absolute Gasteiger partial charge is 0.268 e. The first-order valence-electron chi connectivity index (χ1n) is 7.74. The molecule has 0 saturated carbocycles. The number of nitrogens with one attached hydrogen (secondary N) is 2. The Bertz CT molecular complexity index is 829. The molecule has 1 aromatic heterocycles. The van der Waals surface area contributed by atoms with E-state index in [-0.39, 0.29) is 5.92 Å². The third-order valence-corrected chi connectivity index (χ3v) is 4.11. The predicted octanol–water partition coefficient (Wildman–Crippen LogP) is 0.452. The number of nitrogens with zero attached hydrogens (tertiary/aromatic N) is 1. The van der Waals surface area contributed by atoms with Crippen molar-refractivity contribution in [3.8, 4) is 0 Å². The summed E-state index contributed by atoms with van der Waals surface area (Å²) in [6.45, 7) is 2.90. The molecular formula is C17H19ClN3O4-. The number of carbonyl (C=O) groups is 3. The van der Waals surface area contributed by atoms with E-state index in [9.17, 15) is 19.5 Å². The van der Waals surface area contributed by atoms with Gasteiger partial charge in [0.25, 0.3) is 5.91 Å². The van der Waals surface area contributed by atoms with Gasteiger partial charge in [0.05, 0.1) is 12.5 Å². The molecule has 0 spiro atoms. The van der Waals surface area contributed by atoms with E-state index in [1.807, 2.05) is 0 Å². The molecule has 25 heavy (non-hydrogen) atoms.